The number of nitrogens with zero attached hydrogens (tertiary/aromatic N) is 2. The largest absolute Gasteiger partial charge is 0.327 e. The van der Waals surface area contributed by atoms with Crippen LogP contribution in [-0.2, 0) is 19.9 Å². The van der Waals surface area contributed by atoms with E-state index in [1.165, 1.54) is 49.9 Å². The van der Waals surface area contributed by atoms with Gasteiger partial charge in [0, 0.05) is 25.2 Å². The summed E-state index contributed by atoms with van der Waals surface area (Å²) in [5.41, 5.74) is 8.78. The molecule has 0 bridgehead atoms. The third-order valence-electron chi connectivity index (χ3n) is 4.22. The molecule has 3 nitrogen and oxygen atoms in total. The van der Waals surface area contributed by atoms with Crippen LogP contribution in [0.4, 0.5) is 0 Å². The molecule has 1 atom stereocenters. The average molecular weight is 249 g/mol. The van der Waals surface area contributed by atoms with Crippen LogP contribution < -0.4 is 5.73 Å². The third-order valence-corrected chi connectivity index (χ3v) is 4.22. The second kappa shape index (κ2) is 6.37. The van der Waals surface area contributed by atoms with Gasteiger partial charge in [0.05, 0.1) is 5.69 Å². The lowest BCUT2D eigenvalue weighted by atomic mass is 9.84. The first kappa shape index (κ1) is 13.6. The van der Waals surface area contributed by atoms with Gasteiger partial charge < -0.3 is 5.73 Å². The lowest BCUT2D eigenvalue weighted by Crippen LogP contribution is -2.27. The minimum Gasteiger partial charge on any atom is -0.327 e. The highest BCUT2D eigenvalue weighted by atomic mass is 15.3. The van der Waals surface area contributed by atoms with Crippen molar-refractivity contribution in [2.45, 2.75) is 64.3 Å². The molecule has 1 aliphatic rings. The monoisotopic (exact) mass is 249 g/mol. The Morgan fingerprint density at radius 2 is 2.11 bits per heavy atom. The first-order valence-electron chi connectivity index (χ1n) is 7.46. The van der Waals surface area contributed by atoms with Crippen molar-refractivity contribution in [2.75, 3.05) is 0 Å². The van der Waals surface area contributed by atoms with E-state index in [4.69, 9.17) is 5.73 Å². The number of hydrogen-bond donors (Lipinski definition) is 1. The number of nitrogens with two attached hydrogens (primary N) is 1. The molecule has 2 N–H and O–H groups in total. The molecular weight excluding hydrogens is 222 g/mol. The Balaban J connectivity index is 1.85. The van der Waals surface area contributed by atoms with Crippen LogP contribution in [0.25, 0.3) is 0 Å². The van der Waals surface area contributed by atoms with E-state index in [-0.39, 0.29) is 0 Å². The minimum absolute atomic E-state index is 0.299. The van der Waals surface area contributed by atoms with Gasteiger partial charge in [0.25, 0.3) is 0 Å². The molecule has 0 aliphatic heterocycles. The Morgan fingerprint density at radius 3 is 2.72 bits per heavy atom. The van der Waals surface area contributed by atoms with Crippen molar-refractivity contribution in [3.63, 3.8) is 0 Å². The van der Waals surface area contributed by atoms with Gasteiger partial charge in [-0.05, 0) is 24.8 Å². The van der Waals surface area contributed by atoms with E-state index in [0.29, 0.717) is 6.04 Å². The Hall–Kier alpha value is -0.830. The van der Waals surface area contributed by atoms with Crippen LogP contribution in [-0.4, -0.2) is 15.8 Å². The number of rotatable bonds is 5. The summed E-state index contributed by atoms with van der Waals surface area (Å²) in [6, 6.07) is 2.51. The van der Waals surface area contributed by atoms with Gasteiger partial charge in [-0.25, -0.2) is 0 Å². The summed E-state index contributed by atoms with van der Waals surface area (Å²) in [7, 11) is 2.03. The molecule has 1 unspecified atom stereocenters. The third kappa shape index (κ3) is 3.58. The van der Waals surface area contributed by atoms with Gasteiger partial charge in [0.2, 0.25) is 0 Å². The van der Waals surface area contributed by atoms with E-state index in [0.717, 1.165) is 18.8 Å². The first-order valence-corrected chi connectivity index (χ1v) is 7.46. The zero-order valence-electron chi connectivity index (χ0n) is 11.9. The van der Waals surface area contributed by atoms with E-state index in [1.54, 1.807) is 0 Å². The zero-order valence-corrected chi connectivity index (χ0v) is 11.9. The van der Waals surface area contributed by atoms with Gasteiger partial charge in [-0.3, -0.25) is 4.68 Å². The summed E-state index contributed by atoms with van der Waals surface area (Å²) in [4.78, 5) is 0. The molecule has 0 aromatic carbocycles. The smallest absolute Gasteiger partial charge is 0.0624 e. The van der Waals surface area contributed by atoms with Gasteiger partial charge in [-0.1, -0.05) is 39.0 Å². The van der Waals surface area contributed by atoms with Crippen molar-refractivity contribution >= 4 is 0 Å². The van der Waals surface area contributed by atoms with Gasteiger partial charge >= 0.3 is 0 Å². The summed E-state index contributed by atoms with van der Waals surface area (Å²) in [6.07, 6.45) is 10.2. The fourth-order valence-electron chi connectivity index (χ4n) is 3.14. The SMILES string of the molecule is CCc1cc(CC(N)CC2CCCCC2)n(C)n1. The minimum atomic E-state index is 0.299. The molecule has 1 fully saturated rings. The number of hydrogen-bond acceptors (Lipinski definition) is 2. The zero-order chi connectivity index (χ0) is 13.0. The summed E-state index contributed by atoms with van der Waals surface area (Å²) < 4.78 is 2.00. The fraction of sp³-hybridized carbons (Fsp3) is 0.800. The van der Waals surface area contributed by atoms with Crippen molar-refractivity contribution in [3.05, 3.63) is 17.5 Å². The Labute approximate surface area is 111 Å². The molecule has 1 aromatic rings. The molecule has 1 saturated carbocycles. The molecule has 1 aliphatic carbocycles. The second-order valence-corrected chi connectivity index (χ2v) is 5.81. The highest BCUT2D eigenvalue weighted by Gasteiger charge is 2.18. The molecule has 0 saturated heterocycles. The van der Waals surface area contributed by atoms with Gasteiger partial charge in [0.1, 0.15) is 0 Å². The Bertz CT molecular complexity index is 364. The van der Waals surface area contributed by atoms with Crippen molar-refractivity contribution in [1.29, 1.82) is 0 Å². The summed E-state index contributed by atoms with van der Waals surface area (Å²) >= 11 is 0. The maximum atomic E-state index is 6.32. The molecule has 102 valence electrons. The highest BCUT2D eigenvalue weighted by Crippen LogP contribution is 2.27. The van der Waals surface area contributed by atoms with E-state index < -0.39 is 0 Å². The molecule has 0 amide bonds. The van der Waals surface area contributed by atoms with Crippen molar-refractivity contribution in [3.8, 4) is 0 Å². The molecule has 0 radical (unpaired) electrons. The molecule has 3 heteroatoms. The molecule has 2 rings (SSSR count). The van der Waals surface area contributed by atoms with E-state index >= 15 is 0 Å². The number of aryl methyl sites for hydroxylation is 2. The predicted octanol–water partition coefficient (Wildman–Crippen LogP) is 2.82. The first-order chi connectivity index (χ1) is 8.69. The molecular formula is C15H27N3. The predicted molar refractivity (Wildman–Crippen MR) is 75.5 cm³/mol. The van der Waals surface area contributed by atoms with Crippen LogP contribution >= 0.6 is 0 Å². The van der Waals surface area contributed by atoms with Crippen LogP contribution in [0, 0.1) is 5.92 Å². The van der Waals surface area contributed by atoms with Crippen molar-refractivity contribution < 1.29 is 0 Å². The van der Waals surface area contributed by atoms with E-state index in [9.17, 15) is 0 Å². The Kier molecular flexibility index (Phi) is 4.81. The summed E-state index contributed by atoms with van der Waals surface area (Å²) in [6.45, 7) is 2.15. The van der Waals surface area contributed by atoms with Gasteiger partial charge in [-0.15, -0.1) is 0 Å². The standard InChI is InChI=1S/C15H27N3/c1-3-14-11-15(18(2)17-14)10-13(16)9-12-7-5-4-6-8-12/h11-13H,3-10,16H2,1-2H3. The van der Waals surface area contributed by atoms with Gasteiger partial charge in [0.15, 0.2) is 0 Å². The van der Waals surface area contributed by atoms with Crippen LogP contribution in [0.5, 0.6) is 0 Å². The van der Waals surface area contributed by atoms with Crippen molar-refractivity contribution in [1.82, 2.24) is 9.78 Å². The quantitative estimate of drug-likeness (QED) is 0.872. The van der Waals surface area contributed by atoms with E-state index in [1.807, 2.05) is 11.7 Å². The van der Waals surface area contributed by atoms with Crippen LogP contribution in [0.3, 0.4) is 0 Å². The highest BCUT2D eigenvalue weighted by molar-refractivity contribution is 5.11. The lowest BCUT2D eigenvalue weighted by Gasteiger charge is -2.24. The van der Waals surface area contributed by atoms with E-state index in [2.05, 4.69) is 18.1 Å². The van der Waals surface area contributed by atoms with Crippen LogP contribution in [0.15, 0.2) is 6.07 Å². The summed E-state index contributed by atoms with van der Waals surface area (Å²) in [5.74, 6) is 0.868. The molecule has 1 heterocycles. The van der Waals surface area contributed by atoms with Crippen LogP contribution in [0.1, 0.15) is 56.8 Å². The average Bonchev–Trinajstić information content (AvgIpc) is 2.71. The lowest BCUT2D eigenvalue weighted by molar-refractivity contribution is 0.315. The molecule has 18 heavy (non-hydrogen) atoms. The molecule has 1 aromatic heterocycles. The maximum absolute atomic E-state index is 6.32. The topological polar surface area (TPSA) is 43.8 Å². The van der Waals surface area contributed by atoms with Gasteiger partial charge in [-0.2, -0.15) is 5.10 Å². The molecule has 0 spiro atoms. The second-order valence-electron chi connectivity index (χ2n) is 5.81. The normalized spacial score (nSPS) is 19.1. The van der Waals surface area contributed by atoms with Crippen LogP contribution in [0.2, 0.25) is 0 Å². The Morgan fingerprint density at radius 1 is 1.39 bits per heavy atom. The summed E-state index contributed by atoms with van der Waals surface area (Å²) in [5, 5.41) is 4.49. The maximum Gasteiger partial charge on any atom is 0.0624 e. The number of aromatic nitrogens is 2. The van der Waals surface area contributed by atoms with Crippen molar-refractivity contribution in [2.24, 2.45) is 18.7 Å². The fourth-order valence-corrected chi connectivity index (χ4v) is 3.14.